The van der Waals surface area contributed by atoms with E-state index in [1.165, 1.54) is 11.3 Å². The zero-order valence-corrected chi connectivity index (χ0v) is 14.3. The molecule has 1 aliphatic rings. The third-order valence-electron chi connectivity index (χ3n) is 3.39. The number of thiophene rings is 1. The summed E-state index contributed by atoms with van der Waals surface area (Å²) in [5, 5.41) is 5.21. The Kier molecular flexibility index (Phi) is 6.19. The normalized spacial score (nSPS) is 21.3. The van der Waals surface area contributed by atoms with Crippen molar-refractivity contribution in [3.63, 3.8) is 0 Å². The Hall–Kier alpha value is -0.470. The lowest BCUT2D eigenvalue weighted by Crippen LogP contribution is -2.35. The van der Waals surface area contributed by atoms with E-state index in [9.17, 15) is 8.42 Å². The minimum Gasteiger partial charge on any atom is -0.377 e. The van der Waals surface area contributed by atoms with Crippen LogP contribution in [0.25, 0.3) is 0 Å². The van der Waals surface area contributed by atoms with E-state index in [2.05, 4.69) is 12.2 Å². The summed E-state index contributed by atoms with van der Waals surface area (Å²) < 4.78 is 32.9. The fraction of sp³-hybridized carbons (Fsp3) is 0.714. The van der Waals surface area contributed by atoms with E-state index in [-0.39, 0.29) is 6.10 Å². The van der Waals surface area contributed by atoms with E-state index in [0.29, 0.717) is 23.9 Å². The van der Waals surface area contributed by atoms with Crippen LogP contribution in [0.4, 0.5) is 0 Å². The molecule has 0 radical (unpaired) electrons. The second-order valence-electron chi connectivity index (χ2n) is 5.35. The summed E-state index contributed by atoms with van der Waals surface area (Å²) in [6.07, 6.45) is 1.77. The quantitative estimate of drug-likeness (QED) is 0.810. The van der Waals surface area contributed by atoms with Gasteiger partial charge in [-0.2, -0.15) is 4.31 Å². The number of hydrogen-bond donors (Lipinski definition) is 1. The van der Waals surface area contributed by atoms with Crippen LogP contribution in [0.5, 0.6) is 0 Å². The lowest BCUT2D eigenvalue weighted by Gasteiger charge is -2.20. The van der Waals surface area contributed by atoms with Gasteiger partial charge in [0.25, 0.3) is 10.0 Å². The molecule has 0 aromatic carbocycles. The van der Waals surface area contributed by atoms with Gasteiger partial charge < -0.3 is 10.1 Å². The van der Waals surface area contributed by atoms with Gasteiger partial charge in [-0.25, -0.2) is 8.42 Å². The lowest BCUT2D eigenvalue weighted by atomic mass is 10.3. The van der Waals surface area contributed by atoms with E-state index >= 15 is 0 Å². The van der Waals surface area contributed by atoms with Crippen molar-refractivity contribution in [3.8, 4) is 0 Å². The molecule has 2 rings (SSSR count). The second kappa shape index (κ2) is 7.69. The predicted octanol–water partition coefficient (Wildman–Crippen LogP) is 2.05. The first-order valence-electron chi connectivity index (χ1n) is 7.44. The SMILES string of the molecule is CCCNCc1csc(S(=O)(=O)N2CCCOC(C)C2)c1. The van der Waals surface area contributed by atoms with Gasteiger partial charge in [-0.05, 0) is 43.3 Å². The van der Waals surface area contributed by atoms with E-state index in [1.54, 1.807) is 10.4 Å². The third-order valence-corrected chi connectivity index (χ3v) is 6.72. The standard InChI is InChI=1S/C14H24N2O3S2/c1-3-5-15-9-13-8-14(20-11-13)21(17,18)16-6-4-7-19-12(2)10-16/h8,11-12,15H,3-7,9-10H2,1-2H3. The maximum Gasteiger partial charge on any atom is 0.252 e. The molecule has 1 aliphatic heterocycles. The molecule has 1 unspecified atom stereocenters. The molecule has 5 nitrogen and oxygen atoms in total. The fourth-order valence-electron chi connectivity index (χ4n) is 2.29. The molecular formula is C14H24N2O3S2. The molecule has 1 aromatic heterocycles. The van der Waals surface area contributed by atoms with Crippen LogP contribution < -0.4 is 5.32 Å². The lowest BCUT2D eigenvalue weighted by molar-refractivity contribution is 0.0752. The fourth-order valence-corrected chi connectivity index (χ4v) is 5.21. The molecule has 0 bridgehead atoms. The maximum absolute atomic E-state index is 12.7. The molecule has 1 N–H and O–H groups in total. The molecule has 1 aromatic rings. The summed E-state index contributed by atoms with van der Waals surface area (Å²) >= 11 is 1.31. The molecule has 0 saturated carbocycles. The molecule has 1 saturated heterocycles. The number of nitrogens with zero attached hydrogens (tertiary/aromatic N) is 1. The largest absolute Gasteiger partial charge is 0.377 e. The first-order chi connectivity index (χ1) is 10.0. The second-order valence-corrected chi connectivity index (χ2v) is 8.42. The first-order valence-corrected chi connectivity index (χ1v) is 9.76. The van der Waals surface area contributed by atoms with Crippen molar-refractivity contribution >= 4 is 21.4 Å². The van der Waals surface area contributed by atoms with Gasteiger partial charge in [0.05, 0.1) is 6.10 Å². The van der Waals surface area contributed by atoms with Crippen LogP contribution in [0.2, 0.25) is 0 Å². The number of nitrogens with one attached hydrogen (secondary N) is 1. The molecule has 7 heteroatoms. The van der Waals surface area contributed by atoms with E-state index < -0.39 is 10.0 Å². The van der Waals surface area contributed by atoms with Crippen molar-refractivity contribution < 1.29 is 13.2 Å². The van der Waals surface area contributed by atoms with Gasteiger partial charge in [0.1, 0.15) is 4.21 Å². The van der Waals surface area contributed by atoms with Crippen LogP contribution in [0.1, 0.15) is 32.3 Å². The Balaban J connectivity index is 2.08. The minimum atomic E-state index is -3.38. The molecule has 2 heterocycles. The molecule has 0 spiro atoms. The summed E-state index contributed by atoms with van der Waals surface area (Å²) in [6.45, 7) is 7.29. The third kappa shape index (κ3) is 4.50. The molecular weight excluding hydrogens is 308 g/mol. The highest BCUT2D eigenvalue weighted by Gasteiger charge is 2.29. The predicted molar refractivity (Wildman–Crippen MR) is 85.1 cm³/mol. The van der Waals surface area contributed by atoms with E-state index in [1.807, 2.05) is 12.3 Å². The highest BCUT2D eigenvalue weighted by atomic mass is 32.2. The Morgan fingerprint density at radius 1 is 1.52 bits per heavy atom. The molecule has 120 valence electrons. The zero-order chi connectivity index (χ0) is 15.3. The van der Waals surface area contributed by atoms with E-state index in [4.69, 9.17) is 4.74 Å². The first kappa shape index (κ1) is 16.9. The minimum absolute atomic E-state index is 0.0482. The summed E-state index contributed by atoms with van der Waals surface area (Å²) in [5.41, 5.74) is 1.03. The highest BCUT2D eigenvalue weighted by molar-refractivity contribution is 7.91. The van der Waals surface area contributed by atoms with Gasteiger partial charge in [0, 0.05) is 26.2 Å². The molecule has 0 aliphatic carbocycles. The summed E-state index contributed by atoms with van der Waals surface area (Å²) in [4.78, 5) is 0. The zero-order valence-electron chi connectivity index (χ0n) is 12.7. The van der Waals surface area contributed by atoms with Crippen LogP contribution in [-0.4, -0.2) is 45.1 Å². The Morgan fingerprint density at radius 2 is 2.33 bits per heavy atom. The summed E-state index contributed by atoms with van der Waals surface area (Å²) in [7, 11) is -3.38. The van der Waals surface area contributed by atoms with Gasteiger partial charge in [-0.3, -0.25) is 0 Å². The number of ether oxygens (including phenoxy) is 1. The monoisotopic (exact) mass is 332 g/mol. The number of rotatable bonds is 6. The molecule has 1 fully saturated rings. The summed E-state index contributed by atoms with van der Waals surface area (Å²) in [5.74, 6) is 0. The Morgan fingerprint density at radius 3 is 3.10 bits per heavy atom. The number of sulfonamides is 1. The molecule has 0 amide bonds. The highest BCUT2D eigenvalue weighted by Crippen LogP contribution is 2.25. The van der Waals surface area contributed by atoms with Crippen molar-refractivity contribution in [2.75, 3.05) is 26.2 Å². The van der Waals surface area contributed by atoms with Crippen LogP contribution in [0.15, 0.2) is 15.7 Å². The number of hydrogen-bond acceptors (Lipinski definition) is 5. The smallest absolute Gasteiger partial charge is 0.252 e. The van der Waals surface area contributed by atoms with Gasteiger partial charge in [0.2, 0.25) is 0 Å². The van der Waals surface area contributed by atoms with Gasteiger partial charge in [0.15, 0.2) is 0 Å². The molecule has 21 heavy (non-hydrogen) atoms. The molecule has 1 atom stereocenters. The van der Waals surface area contributed by atoms with Crippen molar-refractivity contribution in [1.82, 2.24) is 9.62 Å². The van der Waals surface area contributed by atoms with Gasteiger partial charge in [-0.15, -0.1) is 11.3 Å². The van der Waals surface area contributed by atoms with Gasteiger partial charge >= 0.3 is 0 Å². The van der Waals surface area contributed by atoms with Crippen LogP contribution in [-0.2, 0) is 21.3 Å². The average molecular weight is 332 g/mol. The van der Waals surface area contributed by atoms with Crippen LogP contribution >= 0.6 is 11.3 Å². The van der Waals surface area contributed by atoms with Crippen molar-refractivity contribution in [3.05, 3.63) is 17.0 Å². The Bertz CT molecular complexity index is 542. The topological polar surface area (TPSA) is 58.6 Å². The summed E-state index contributed by atoms with van der Waals surface area (Å²) in [6, 6.07) is 1.79. The maximum atomic E-state index is 12.7. The van der Waals surface area contributed by atoms with Crippen molar-refractivity contribution in [2.45, 2.75) is 43.5 Å². The van der Waals surface area contributed by atoms with E-state index in [0.717, 1.165) is 31.5 Å². The van der Waals surface area contributed by atoms with Crippen LogP contribution in [0, 0.1) is 0 Å². The van der Waals surface area contributed by atoms with Gasteiger partial charge in [-0.1, -0.05) is 6.92 Å². The Labute approximate surface area is 131 Å². The van der Waals surface area contributed by atoms with Crippen LogP contribution in [0.3, 0.4) is 0 Å². The van der Waals surface area contributed by atoms with Crippen molar-refractivity contribution in [2.24, 2.45) is 0 Å². The average Bonchev–Trinajstić information content (AvgIpc) is 2.81. The van der Waals surface area contributed by atoms with Crippen molar-refractivity contribution in [1.29, 1.82) is 0 Å².